The van der Waals surface area contributed by atoms with E-state index in [4.69, 9.17) is 4.74 Å². The van der Waals surface area contributed by atoms with Crippen LogP contribution in [-0.4, -0.2) is 37.6 Å². The van der Waals surface area contributed by atoms with Crippen LogP contribution in [0.3, 0.4) is 0 Å². The Morgan fingerprint density at radius 1 is 1.23 bits per heavy atom. The number of carbonyl (C=O) groups is 1. The Bertz CT molecular complexity index is 1220. The van der Waals surface area contributed by atoms with Crippen LogP contribution < -0.4 is 4.74 Å². The van der Waals surface area contributed by atoms with E-state index >= 15 is 0 Å². The lowest BCUT2D eigenvalue weighted by Crippen LogP contribution is -2.16. The van der Waals surface area contributed by atoms with Gasteiger partial charge in [0, 0.05) is 23.5 Å². The molecule has 0 radical (unpaired) electrons. The van der Waals surface area contributed by atoms with E-state index in [-0.39, 0.29) is 33.5 Å². The molecule has 0 fully saturated rings. The van der Waals surface area contributed by atoms with E-state index < -0.39 is 33.5 Å². The maximum atomic E-state index is 13.6. The van der Waals surface area contributed by atoms with Gasteiger partial charge in [-0.25, -0.2) is 12.4 Å². The van der Waals surface area contributed by atoms with E-state index in [9.17, 15) is 26.4 Å². The average molecular weight is 442 g/mol. The summed E-state index contributed by atoms with van der Waals surface area (Å²) in [4.78, 5) is 15.4. The van der Waals surface area contributed by atoms with E-state index in [1.807, 2.05) is 0 Å². The Kier molecular flexibility index (Phi) is 5.50. The molecule has 0 unspecified atom stereocenters. The van der Waals surface area contributed by atoms with Crippen molar-refractivity contribution in [2.24, 2.45) is 0 Å². The normalized spacial score (nSPS) is 12.2. The molecule has 11 heteroatoms. The summed E-state index contributed by atoms with van der Waals surface area (Å²) in [6.07, 6.45) is -2.66. The first-order valence-electron chi connectivity index (χ1n) is 8.54. The van der Waals surface area contributed by atoms with Crippen LogP contribution in [0.2, 0.25) is 0 Å². The van der Waals surface area contributed by atoms with Crippen molar-refractivity contribution in [1.82, 2.24) is 8.96 Å². The minimum absolute atomic E-state index is 0.0839. The number of hydrogen-bond acceptors (Lipinski definition) is 6. The molecule has 0 saturated heterocycles. The number of aromatic nitrogens is 2. The Morgan fingerprint density at radius 3 is 2.47 bits per heavy atom. The first kappa shape index (κ1) is 21.6. The summed E-state index contributed by atoms with van der Waals surface area (Å²) in [5, 5.41) is 0.134. The number of carbonyl (C=O) groups excluding carboxylic acids is 1. The highest BCUT2D eigenvalue weighted by Gasteiger charge is 2.37. The molecule has 0 atom stereocenters. The number of pyridine rings is 1. The molecule has 0 bridgehead atoms. The summed E-state index contributed by atoms with van der Waals surface area (Å²) in [6.45, 7) is 1.41. The van der Waals surface area contributed by atoms with Gasteiger partial charge in [-0.1, -0.05) is 0 Å². The van der Waals surface area contributed by atoms with Crippen LogP contribution >= 0.6 is 0 Å². The molecule has 7 nitrogen and oxygen atoms in total. The van der Waals surface area contributed by atoms with Crippen molar-refractivity contribution in [1.29, 1.82) is 0 Å². The van der Waals surface area contributed by atoms with Crippen molar-refractivity contribution in [2.45, 2.75) is 24.4 Å². The Morgan fingerprint density at radius 2 is 1.93 bits per heavy atom. The molecule has 0 amide bonds. The largest absolute Gasteiger partial charge is 0.496 e. The summed E-state index contributed by atoms with van der Waals surface area (Å²) in [5.74, 6) is -1.16. The Labute approximate surface area is 170 Å². The topological polar surface area (TPSA) is 87.5 Å². The van der Waals surface area contributed by atoms with Crippen molar-refractivity contribution >= 4 is 26.9 Å². The van der Waals surface area contributed by atoms with Gasteiger partial charge in [-0.15, -0.1) is 0 Å². The monoisotopic (exact) mass is 442 g/mol. The Hall–Kier alpha value is -3.08. The smallest absolute Gasteiger partial charge is 0.420 e. The van der Waals surface area contributed by atoms with Crippen molar-refractivity contribution in [2.75, 3.05) is 14.2 Å². The van der Waals surface area contributed by atoms with Crippen LogP contribution in [0, 0.1) is 6.92 Å². The predicted octanol–water partition coefficient (Wildman–Crippen LogP) is 3.32. The van der Waals surface area contributed by atoms with Crippen molar-refractivity contribution in [3.8, 4) is 5.75 Å². The molecule has 2 aromatic heterocycles. The molecule has 2 heterocycles. The highest BCUT2D eigenvalue weighted by molar-refractivity contribution is 7.90. The molecule has 0 saturated carbocycles. The molecular formula is C19H17F3N2O5S. The van der Waals surface area contributed by atoms with Crippen LogP contribution in [0.25, 0.3) is 10.9 Å². The second-order valence-corrected chi connectivity index (χ2v) is 8.13. The third-order valence-corrected chi connectivity index (χ3v) is 6.42. The molecule has 0 aliphatic rings. The third-order valence-electron chi connectivity index (χ3n) is 4.63. The second-order valence-electron chi connectivity index (χ2n) is 6.34. The van der Waals surface area contributed by atoms with Crippen LogP contribution in [0.1, 0.15) is 16.8 Å². The summed E-state index contributed by atoms with van der Waals surface area (Å²) in [5.41, 5.74) is -1.07. The number of fused-ring (bicyclic) bond motifs is 1. The van der Waals surface area contributed by atoms with Gasteiger partial charge in [-0.3, -0.25) is 9.78 Å². The summed E-state index contributed by atoms with van der Waals surface area (Å²) >= 11 is 0. The van der Waals surface area contributed by atoms with Gasteiger partial charge in [-0.05, 0) is 36.8 Å². The van der Waals surface area contributed by atoms with Crippen molar-refractivity contribution in [3.05, 3.63) is 53.5 Å². The minimum Gasteiger partial charge on any atom is -0.496 e. The molecule has 3 rings (SSSR count). The number of alkyl halides is 3. The van der Waals surface area contributed by atoms with Crippen LogP contribution in [0.4, 0.5) is 13.2 Å². The van der Waals surface area contributed by atoms with Gasteiger partial charge in [-0.2, -0.15) is 13.2 Å². The zero-order chi connectivity index (χ0) is 22.3. The van der Waals surface area contributed by atoms with Crippen LogP contribution in [0.5, 0.6) is 5.75 Å². The molecule has 3 aromatic rings. The van der Waals surface area contributed by atoms with Gasteiger partial charge in [0.2, 0.25) is 0 Å². The molecule has 30 heavy (non-hydrogen) atoms. The van der Waals surface area contributed by atoms with Gasteiger partial charge in [0.05, 0.1) is 31.7 Å². The summed E-state index contributed by atoms with van der Waals surface area (Å²) in [6, 6.07) is 4.46. The number of hydrogen-bond donors (Lipinski definition) is 0. The second kappa shape index (κ2) is 7.63. The standard InChI is InChI=1S/C19H17F3N2O5S/c1-11-13(8-18(25)29-3)14-7-17(28-2)15(19(20,21)22)9-16(14)24(11)30(26,27)12-5-4-6-23-10-12/h4-7,9-10H,8H2,1-3H3. The Balaban J connectivity index is 2.44. The number of rotatable bonds is 5. The highest BCUT2D eigenvalue weighted by Crippen LogP contribution is 2.41. The van der Waals surface area contributed by atoms with Gasteiger partial charge in [0.15, 0.2) is 0 Å². The highest BCUT2D eigenvalue weighted by atomic mass is 32.2. The van der Waals surface area contributed by atoms with Gasteiger partial charge >= 0.3 is 12.1 Å². The van der Waals surface area contributed by atoms with E-state index in [1.165, 1.54) is 25.3 Å². The first-order chi connectivity index (χ1) is 14.0. The molecule has 1 aromatic carbocycles. The fraction of sp³-hybridized carbons (Fsp3) is 0.263. The van der Waals surface area contributed by atoms with E-state index in [2.05, 4.69) is 9.72 Å². The lowest BCUT2D eigenvalue weighted by Gasteiger charge is -2.14. The number of benzene rings is 1. The van der Waals surface area contributed by atoms with E-state index in [0.717, 1.165) is 30.5 Å². The molecule has 0 aliphatic heterocycles. The molecule has 0 spiro atoms. The quantitative estimate of drug-likeness (QED) is 0.564. The van der Waals surface area contributed by atoms with Crippen molar-refractivity contribution < 1.29 is 35.9 Å². The molecule has 0 aliphatic carbocycles. The maximum Gasteiger partial charge on any atom is 0.420 e. The lowest BCUT2D eigenvalue weighted by atomic mass is 10.0. The van der Waals surface area contributed by atoms with Gasteiger partial charge in [0.25, 0.3) is 10.0 Å². The average Bonchev–Trinajstić information content (AvgIpc) is 2.98. The molecule has 0 N–H and O–H groups in total. The SMILES string of the molecule is COC(=O)Cc1c(C)n(S(=O)(=O)c2cccnc2)c2cc(C(F)(F)F)c(OC)cc12. The number of ether oxygens (including phenoxy) is 2. The summed E-state index contributed by atoms with van der Waals surface area (Å²) in [7, 11) is -2.07. The number of nitrogens with zero attached hydrogens (tertiary/aromatic N) is 2. The fourth-order valence-corrected chi connectivity index (χ4v) is 4.76. The zero-order valence-corrected chi connectivity index (χ0v) is 17.0. The van der Waals surface area contributed by atoms with Gasteiger partial charge in [0.1, 0.15) is 10.6 Å². The predicted molar refractivity (Wildman–Crippen MR) is 101 cm³/mol. The number of esters is 1. The summed E-state index contributed by atoms with van der Waals surface area (Å²) < 4.78 is 77.5. The molecular weight excluding hydrogens is 425 g/mol. The fourth-order valence-electron chi connectivity index (χ4n) is 3.22. The zero-order valence-electron chi connectivity index (χ0n) is 16.1. The van der Waals surface area contributed by atoms with E-state index in [1.54, 1.807) is 0 Å². The van der Waals surface area contributed by atoms with E-state index in [0.29, 0.717) is 6.07 Å². The number of halogens is 3. The van der Waals surface area contributed by atoms with Crippen LogP contribution in [0.15, 0.2) is 41.6 Å². The molecule has 160 valence electrons. The van der Waals surface area contributed by atoms with Crippen molar-refractivity contribution in [3.63, 3.8) is 0 Å². The lowest BCUT2D eigenvalue weighted by molar-refractivity contribution is -0.140. The maximum absolute atomic E-state index is 13.6. The minimum atomic E-state index is -4.79. The first-order valence-corrected chi connectivity index (χ1v) is 9.98. The number of methoxy groups -OCH3 is 2. The third kappa shape index (κ3) is 3.60. The van der Waals surface area contributed by atoms with Gasteiger partial charge < -0.3 is 9.47 Å². The van der Waals surface area contributed by atoms with Crippen LogP contribution in [-0.2, 0) is 32.2 Å².